The Morgan fingerprint density at radius 3 is 2.45 bits per heavy atom. The number of rotatable bonds is 4. The highest BCUT2D eigenvalue weighted by Crippen LogP contribution is 2.25. The highest BCUT2D eigenvalue weighted by atomic mass is 79.9. The fourth-order valence-electron chi connectivity index (χ4n) is 1.76. The summed E-state index contributed by atoms with van der Waals surface area (Å²) in [4.78, 5) is 0. The molecule has 0 fully saturated rings. The molecule has 0 spiro atoms. The van der Waals surface area contributed by atoms with Crippen molar-refractivity contribution in [2.24, 2.45) is 0 Å². The predicted molar refractivity (Wildman–Crippen MR) is 84.3 cm³/mol. The van der Waals surface area contributed by atoms with E-state index in [-0.39, 0.29) is 6.10 Å². The van der Waals surface area contributed by atoms with Gasteiger partial charge in [-0.05, 0) is 56.3 Å². The average Bonchev–Trinajstić information content (AvgIpc) is 2.41. The van der Waals surface area contributed by atoms with E-state index in [1.165, 1.54) is 0 Å². The van der Waals surface area contributed by atoms with Gasteiger partial charge in [0.1, 0.15) is 11.8 Å². The van der Waals surface area contributed by atoms with E-state index < -0.39 is 0 Å². The number of nitriles is 1. The van der Waals surface area contributed by atoms with Crippen molar-refractivity contribution in [1.82, 2.24) is 0 Å². The molecule has 0 amide bonds. The highest BCUT2D eigenvalue weighted by molar-refractivity contribution is 9.10. The van der Waals surface area contributed by atoms with Gasteiger partial charge in [-0.15, -0.1) is 0 Å². The molecule has 0 saturated carbocycles. The van der Waals surface area contributed by atoms with Crippen LogP contribution in [-0.4, -0.2) is 6.10 Å². The monoisotopic (exact) mass is 330 g/mol. The molecule has 0 bridgehead atoms. The second-order valence-corrected chi connectivity index (χ2v) is 5.53. The molecule has 0 atom stereocenters. The molecule has 2 aromatic carbocycles. The van der Waals surface area contributed by atoms with Gasteiger partial charge in [0.15, 0.2) is 0 Å². The van der Waals surface area contributed by atoms with Gasteiger partial charge in [0.05, 0.1) is 17.4 Å². The third-order valence-electron chi connectivity index (χ3n) is 2.61. The fraction of sp³-hybridized carbons (Fsp3) is 0.188. The van der Waals surface area contributed by atoms with Crippen LogP contribution in [0.25, 0.3) is 0 Å². The van der Waals surface area contributed by atoms with E-state index in [0.717, 1.165) is 21.6 Å². The van der Waals surface area contributed by atoms with E-state index in [4.69, 9.17) is 10.00 Å². The van der Waals surface area contributed by atoms with Crippen molar-refractivity contribution >= 4 is 27.3 Å². The van der Waals surface area contributed by atoms with Crippen LogP contribution in [0.4, 0.5) is 11.4 Å². The van der Waals surface area contributed by atoms with Crippen LogP contribution in [0.1, 0.15) is 19.4 Å². The molecular weight excluding hydrogens is 316 g/mol. The quantitative estimate of drug-likeness (QED) is 0.871. The molecule has 1 N–H and O–H groups in total. The van der Waals surface area contributed by atoms with Crippen LogP contribution in [0.5, 0.6) is 5.75 Å². The normalized spacial score (nSPS) is 10.2. The van der Waals surface area contributed by atoms with E-state index in [0.29, 0.717) is 5.56 Å². The number of hydrogen-bond acceptors (Lipinski definition) is 3. The Hall–Kier alpha value is -1.99. The molecule has 0 saturated heterocycles. The number of hydrogen-bond donors (Lipinski definition) is 1. The first-order chi connectivity index (χ1) is 9.58. The summed E-state index contributed by atoms with van der Waals surface area (Å²) in [5.41, 5.74) is 2.30. The molecule has 0 heterocycles. The SMILES string of the molecule is CC(C)Oc1ccc(Nc2cc(Br)ccc2C#N)cc1. The van der Waals surface area contributed by atoms with Crippen LogP contribution in [0.15, 0.2) is 46.9 Å². The largest absolute Gasteiger partial charge is 0.491 e. The smallest absolute Gasteiger partial charge is 0.119 e. The summed E-state index contributed by atoms with van der Waals surface area (Å²) in [6.45, 7) is 3.99. The summed E-state index contributed by atoms with van der Waals surface area (Å²) in [5.74, 6) is 0.834. The molecule has 2 aromatic rings. The van der Waals surface area contributed by atoms with Crippen LogP contribution in [-0.2, 0) is 0 Å². The Morgan fingerprint density at radius 2 is 1.85 bits per heavy atom. The Morgan fingerprint density at radius 1 is 1.15 bits per heavy atom. The van der Waals surface area contributed by atoms with Crippen molar-refractivity contribution < 1.29 is 4.74 Å². The lowest BCUT2D eigenvalue weighted by atomic mass is 10.2. The number of benzene rings is 2. The Balaban J connectivity index is 2.18. The zero-order valence-corrected chi connectivity index (χ0v) is 12.9. The molecule has 0 aliphatic carbocycles. The topological polar surface area (TPSA) is 45.0 Å². The standard InChI is InChI=1S/C16H15BrN2O/c1-11(2)20-15-7-5-14(6-8-15)19-16-9-13(17)4-3-12(16)10-18/h3-9,11,19H,1-2H3. The lowest BCUT2D eigenvalue weighted by Gasteiger charge is -2.12. The van der Waals surface area contributed by atoms with Crippen molar-refractivity contribution in [2.45, 2.75) is 20.0 Å². The Labute approximate surface area is 127 Å². The van der Waals surface area contributed by atoms with Crippen LogP contribution in [0.2, 0.25) is 0 Å². The highest BCUT2D eigenvalue weighted by Gasteiger charge is 2.04. The Bertz CT molecular complexity index is 630. The number of halogens is 1. The molecule has 4 heteroatoms. The number of nitrogens with zero attached hydrogens (tertiary/aromatic N) is 1. The molecule has 102 valence electrons. The number of nitrogens with one attached hydrogen (secondary N) is 1. The van der Waals surface area contributed by atoms with Gasteiger partial charge in [-0.1, -0.05) is 15.9 Å². The minimum absolute atomic E-state index is 0.157. The number of anilines is 2. The van der Waals surface area contributed by atoms with Gasteiger partial charge >= 0.3 is 0 Å². The van der Waals surface area contributed by atoms with Gasteiger partial charge < -0.3 is 10.1 Å². The minimum Gasteiger partial charge on any atom is -0.491 e. The maximum Gasteiger partial charge on any atom is 0.119 e. The molecule has 2 rings (SSSR count). The van der Waals surface area contributed by atoms with Crippen LogP contribution >= 0.6 is 15.9 Å². The van der Waals surface area contributed by atoms with Crippen molar-refractivity contribution in [3.63, 3.8) is 0 Å². The molecule has 0 aliphatic rings. The van der Waals surface area contributed by atoms with Crippen LogP contribution in [0, 0.1) is 11.3 Å². The summed E-state index contributed by atoms with van der Waals surface area (Å²) in [6, 6.07) is 15.4. The molecule has 0 unspecified atom stereocenters. The van der Waals surface area contributed by atoms with E-state index in [1.54, 1.807) is 6.07 Å². The molecular formula is C16H15BrN2O. The van der Waals surface area contributed by atoms with Gasteiger partial charge in [-0.2, -0.15) is 5.26 Å². The fourth-order valence-corrected chi connectivity index (χ4v) is 2.12. The van der Waals surface area contributed by atoms with Gasteiger partial charge in [0.25, 0.3) is 0 Å². The van der Waals surface area contributed by atoms with Crippen LogP contribution in [0.3, 0.4) is 0 Å². The molecule has 3 nitrogen and oxygen atoms in total. The summed E-state index contributed by atoms with van der Waals surface area (Å²) in [7, 11) is 0. The lowest BCUT2D eigenvalue weighted by Crippen LogP contribution is -2.05. The zero-order chi connectivity index (χ0) is 14.5. The van der Waals surface area contributed by atoms with Gasteiger partial charge in [0, 0.05) is 10.2 Å². The summed E-state index contributed by atoms with van der Waals surface area (Å²) >= 11 is 3.41. The lowest BCUT2D eigenvalue weighted by molar-refractivity contribution is 0.242. The van der Waals surface area contributed by atoms with Crippen LogP contribution < -0.4 is 10.1 Å². The van der Waals surface area contributed by atoms with Crippen molar-refractivity contribution in [2.75, 3.05) is 5.32 Å². The molecule has 0 aliphatic heterocycles. The van der Waals surface area contributed by atoms with Crippen molar-refractivity contribution in [1.29, 1.82) is 5.26 Å². The maximum atomic E-state index is 9.11. The summed E-state index contributed by atoms with van der Waals surface area (Å²) < 4.78 is 6.53. The summed E-state index contributed by atoms with van der Waals surface area (Å²) in [6.07, 6.45) is 0.157. The Kier molecular flexibility index (Phi) is 4.65. The van der Waals surface area contributed by atoms with E-state index in [9.17, 15) is 0 Å². The third-order valence-corrected chi connectivity index (χ3v) is 3.10. The first-order valence-electron chi connectivity index (χ1n) is 6.32. The molecule has 20 heavy (non-hydrogen) atoms. The van der Waals surface area contributed by atoms with E-state index in [2.05, 4.69) is 27.3 Å². The third kappa shape index (κ3) is 3.75. The van der Waals surface area contributed by atoms with Crippen molar-refractivity contribution in [3.8, 4) is 11.8 Å². The number of ether oxygens (including phenoxy) is 1. The van der Waals surface area contributed by atoms with Gasteiger partial charge in [-0.25, -0.2) is 0 Å². The second-order valence-electron chi connectivity index (χ2n) is 4.62. The summed E-state index contributed by atoms with van der Waals surface area (Å²) in [5, 5.41) is 12.3. The zero-order valence-electron chi connectivity index (χ0n) is 11.4. The van der Waals surface area contributed by atoms with E-state index in [1.807, 2.05) is 50.2 Å². The van der Waals surface area contributed by atoms with Gasteiger partial charge in [-0.3, -0.25) is 0 Å². The first-order valence-corrected chi connectivity index (χ1v) is 7.11. The molecule has 0 aromatic heterocycles. The van der Waals surface area contributed by atoms with Gasteiger partial charge in [0.2, 0.25) is 0 Å². The maximum absolute atomic E-state index is 9.11. The average molecular weight is 331 g/mol. The predicted octanol–water partition coefficient (Wildman–Crippen LogP) is 4.85. The first kappa shape index (κ1) is 14.4. The van der Waals surface area contributed by atoms with Crippen molar-refractivity contribution in [3.05, 3.63) is 52.5 Å². The van der Waals surface area contributed by atoms with E-state index >= 15 is 0 Å². The molecule has 0 radical (unpaired) electrons. The minimum atomic E-state index is 0.157. The second kappa shape index (κ2) is 6.44.